The van der Waals surface area contributed by atoms with Gasteiger partial charge in [0.15, 0.2) is 0 Å². The minimum Gasteiger partial charge on any atom is -0.0939 e. The Bertz CT molecular complexity index is 55.6. The molecule has 9 heavy (non-hydrogen) atoms. The third-order valence-electron chi connectivity index (χ3n) is 1.62. The van der Waals surface area contributed by atoms with Gasteiger partial charge in [-0.25, -0.2) is 0 Å². The smallest absolute Gasteiger partial charge is 0.00653 e. The maximum Gasteiger partial charge on any atom is 0.00653 e. The second-order valence-corrected chi connectivity index (χ2v) is 3.40. The summed E-state index contributed by atoms with van der Waals surface area (Å²) in [6.45, 7) is 6.74. The molecule has 0 heterocycles. The van der Waals surface area contributed by atoms with Crippen molar-refractivity contribution in [2.75, 3.05) is 5.75 Å². The van der Waals surface area contributed by atoms with Crippen LogP contribution in [0.25, 0.3) is 0 Å². The first kappa shape index (κ1) is 9.35. The normalized spacial score (nSPS) is 14.3. The molecular weight excluding hydrogens is 128 g/mol. The van der Waals surface area contributed by atoms with Crippen molar-refractivity contribution >= 4 is 12.6 Å². The summed E-state index contributed by atoms with van der Waals surface area (Å²) in [4.78, 5) is 0. The second-order valence-electron chi connectivity index (χ2n) is 3.07. The molecule has 0 N–H and O–H groups in total. The van der Waals surface area contributed by atoms with Crippen LogP contribution in [-0.2, 0) is 0 Å². The highest BCUT2D eigenvalue weighted by atomic mass is 32.1. The first-order valence-electron chi connectivity index (χ1n) is 3.78. The van der Waals surface area contributed by atoms with E-state index >= 15 is 0 Å². The Labute approximate surface area is 64.4 Å². The predicted molar refractivity (Wildman–Crippen MR) is 45.7 cm³/mol. The van der Waals surface area contributed by atoms with Gasteiger partial charge in [0.1, 0.15) is 0 Å². The van der Waals surface area contributed by atoms with Gasteiger partial charge in [-0.15, -0.1) is 0 Å². The summed E-state index contributed by atoms with van der Waals surface area (Å²) in [5, 5.41) is 0. The van der Waals surface area contributed by atoms with Crippen molar-refractivity contribution in [1.29, 1.82) is 0 Å². The monoisotopic (exact) mass is 145 g/mol. The fourth-order valence-electron chi connectivity index (χ4n) is 1.02. The summed E-state index contributed by atoms with van der Waals surface area (Å²) in [6.07, 6.45) is 2.56. The summed E-state index contributed by atoms with van der Waals surface area (Å²) in [6, 6.07) is 0. The third kappa shape index (κ3) is 4.83. The molecule has 1 heteroatoms. The minimum absolute atomic E-state index is 0.792. The topological polar surface area (TPSA) is 0 Å². The van der Waals surface area contributed by atoms with Gasteiger partial charge >= 0.3 is 0 Å². The van der Waals surface area contributed by atoms with Crippen molar-refractivity contribution in [3.63, 3.8) is 0 Å². The second kappa shape index (κ2) is 5.16. The van der Waals surface area contributed by atoms with Crippen LogP contribution in [0.5, 0.6) is 0 Å². The van der Waals surface area contributed by atoms with Crippen LogP contribution in [0.1, 0.15) is 33.6 Å². The fourth-order valence-corrected chi connectivity index (χ4v) is 1.39. The van der Waals surface area contributed by atoms with Crippen molar-refractivity contribution in [3.05, 3.63) is 0 Å². The van der Waals surface area contributed by atoms with E-state index in [1.165, 1.54) is 12.8 Å². The van der Waals surface area contributed by atoms with E-state index in [1.807, 2.05) is 0 Å². The van der Waals surface area contributed by atoms with Crippen LogP contribution in [0.3, 0.4) is 0 Å². The van der Waals surface area contributed by atoms with Gasteiger partial charge in [0.2, 0.25) is 0 Å². The van der Waals surface area contributed by atoms with E-state index in [9.17, 15) is 0 Å². The number of hydrogen-bond donors (Lipinski definition) is 0. The molecule has 0 amide bonds. The molecule has 0 spiro atoms. The van der Waals surface area contributed by atoms with E-state index in [-0.39, 0.29) is 0 Å². The zero-order chi connectivity index (χ0) is 7.28. The molecule has 0 aliphatic heterocycles. The molecule has 55 valence electrons. The Hall–Kier alpha value is 0.350. The molecule has 0 fully saturated rings. The number of rotatable bonds is 4. The highest BCUT2D eigenvalue weighted by Crippen LogP contribution is 2.15. The minimum atomic E-state index is 0.792. The summed E-state index contributed by atoms with van der Waals surface area (Å²) < 4.78 is 0. The highest BCUT2D eigenvalue weighted by Gasteiger charge is 2.05. The maximum absolute atomic E-state index is 4.99. The third-order valence-corrected chi connectivity index (χ3v) is 2.09. The number of hydrogen-bond acceptors (Lipinski definition) is 0. The van der Waals surface area contributed by atoms with Crippen LogP contribution in [0.2, 0.25) is 0 Å². The maximum atomic E-state index is 4.99. The first-order chi connectivity index (χ1) is 4.20. The standard InChI is InChI=1S/C8H17S/c1-4-8(6-9)5-7(2)3/h7-8H,4-6H2,1-3H3. The molecule has 0 aromatic carbocycles. The van der Waals surface area contributed by atoms with Crippen molar-refractivity contribution in [3.8, 4) is 0 Å². The summed E-state index contributed by atoms with van der Waals surface area (Å²) >= 11 is 4.99. The van der Waals surface area contributed by atoms with Crippen LogP contribution in [0.15, 0.2) is 0 Å². The molecule has 0 aliphatic rings. The zero-order valence-corrected chi connectivity index (χ0v) is 7.50. The van der Waals surface area contributed by atoms with Crippen LogP contribution < -0.4 is 0 Å². The van der Waals surface area contributed by atoms with E-state index in [0.29, 0.717) is 0 Å². The van der Waals surface area contributed by atoms with Gasteiger partial charge in [-0.1, -0.05) is 39.8 Å². The zero-order valence-electron chi connectivity index (χ0n) is 6.68. The molecular formula is C8H17S. The lowest BCUT2D eigenvalue weighted by Gasteiger charge is -2.12. The molecule has 0 saturated heterocycles. The Morgan fingerprint density at radius 3 is 2.00 bits per heavy atom. The molecule has 1 atom stereocenters. The van der Waals surface area contributed by atoms with Gasteiger partial charge in [0, 0.05) is 5.75 Å². The molecule has 0 aliphatic carbocycles. The first-order valence-corrected chi connectivity index (χ1v) is 4.36. The van der Waals surface area contributed by atoms with Gasteiger partial charge in [-0.05, 0) is 18.3 Å². The Morgan fingerprint density at radius 1 is 1.33 bits per heavy atom. The predicted octanol–water partition coefficient (Wildman–Crippen LogP) is 3.26. The van der Waals surface area contributed by atoms with Crippen LogP contribution in [0, 0.1) is 11.8 Å². The van der Waals surface area contributed by atoms with Crippen LogP contribution >= 0.6 is 12.6 Å². The average Bonchev–Trinajstić information content (AvgIpc) is 1.82. The van der Waals surface area contributed by atoms with Gasteiger partial charge in [-0.3, -0.25) is 0 Å². The Balaban J connectivity index is 3.31. The lowest BCUT2D eigenvalue weighted by molar-refractivity contribution is 0.435. The quantitative estimate of drug-likeness (QED) is 0.569. The summed E-state index contributed by atoms with van der Waals surface area (Å²) in [7, 11) is 0. The van der Waals surface area contributed by atoms with E-state index in [2.05, 4.69) is 20.8 Å². The van der Waals surface area contributed by atoms with Gasteiger partial charge < -0.3 is 0 Å². The molecule has 0 aromatic heterocycles. The van der Waals surface area contributed by atoms with Crippen molar-refractivity contribution in [2.24, 2.45) is 11.8 Å². The SMILES string of the molecule is CCC(C[S])CC(C)C. The summed E-state index contributed by atoms with van der Waals surface area (Å²) in [5.74, 6) is 2.55. The van der Waals surface area contributed by atoms with Gasteiger partial charge in [0.25, 0.3) is 0 Å². The molecule has 0 saturated carbocycles. The lowest BCUT2D eigenvalue weighted by atomic mass is 9.97. The van der Waals surface area contributed by atoms with Crippen molar-refractivity contribution in [1.82, 2.24) is 0 Å². The molecule has 0 rings (SSSR count). The molecule has 0 nitrogen and oxygen atoms in total. The molecule has 1 radical (unpaired) electrons. The molecule has 0 bridgehead atoms. The van der Waals surface area contributed by atoms with Crippen molar-refractivity contribution < 1.29 is 0 Å². The van der Waals surface area contributed by atoms with Crippen molar-refractivity contribution in [2.45, 2.75) is 33.6 Å². The van der Waals surface area contributed by atoms with E-state index in [4.69, 9.17) is 12.6 Å². The summed E-state index contributed by atoms with van der Waals surface area (Å²) in [5.41, 5.74) is 0. The largest absolute Gasteiger partial charge is 0.0939 e. The fraction of sp³-hybridized carbons (Fsp3) is 1.00. The Morgan fingerprint density at radius 2 is 1.89 bits per heavy atom. The van der Waals surface area contributed by atoms with Crippen LogP contribution in [-0.4, -0.2) is 5.75 Å². The van der Waals surface area contributed by atoms with E-state index in [1.54, 1.807) is 0 Å². The van der Waals surface area contributed by atoms with Gasteiger partial charge in [-0.2, -0.15) is 0 Å². The molecule has 0 aromatic rings. The Kier molecular flexibility index (Phi) is 5.36. The van der Waals surface area contributed by atoms with E-state index in [0.717, 1.165) is 17.6 Å². The molecule has 1 unspecified atom stereocenters. The van der Waals surface area contributed by atoms with Gasteiger partial charge in [0.05, 0.1) is 0 Å². The highest BCUT2D eigenvalue weighted by molar-refractivity contribution is 7.80. The van der Waals surface area contributed by atoms with E-state index < -0.39 is 0 Å². The average molecular weight is 145 g/mol. The lowest BCUT2D eigenvalue weighted by Crippen LogP contribution is -2.04. The van der Waals surface area contributed by atoms with Crippen LogP contribution in [0.4, 0.5) is 0 Å².